The van der Waals surface area contributed by atoms with Crippen LogP contribution >= 0.6 is 11.6 Å². The molecule has 0 aliphatic rings. The Labute approximate surface area is 201 Å². The first-order chi connectivity index (χ1) is 16.3. The Morgan fingerprint density at radius 2 is 1.59 bits per heavy atom. The zero-order valence-electron chi connectivity index (χ0n) is 19.0. The summed E-state index contributed by atoms with van der Waals surface area (Å²) in [6.07, 6.45) is -1.11. The van der Waals surface area contributed by atoms with Crippen molar-refractivity contribution in [3.63, 3.8) is 0 Å². The number of fused-ring (bicyclic) bond motifs is 1. The van der Waals surface area contributed by atoms with Gasteiger partial charge in [-0.25, -0.2) is 4.79 Å². The van der Waals surface area contributed by atoms with Gasteiger partial charge in [-0.15, -0.1) is 0 Å². The largest absolute Gasteiger partial charge is 0.448 e. The van der Waals surface area contributed by atoms with E-state index in [9.17, 15) is 14.4 Å². The smallest absolute Gasteiger partial charge is 0.356 e. The normalized spacial score (nSPS) is 11.8. The molecule has 0 fully saturated rings. The molecule has 0 aliphatic carbocycles. The molecule has 1 heterocycles. The predicted octanol–water partition coefficient (Wildman–Crippen LogP) is 5.35. The summed E-state index contributed by atoms with van der Waals surface area (Å²) in [5.41, 5.74) is 2.32. The first-order valence-electron chi connectivity index (χ1n) is 10.7. The van der Waals surface area contributed by atoms with E-state index in [-0.39, 0.29) is 11.3 Å². The molecule has 0 radical (unpaired) electrons. The molecular formula is C27H23ClN2O4. The second-order valence-corrected chi connectivity index (χ2v) is 8.36. The van der Waals surface area contributed by atoms with E-state index in [4.69, 9.17) is 16.3 Å². The number of pyridine rings is 1. The average molecular weight is 475 g/mol. The summed E-state index contributed by atoms with van der Waals surface area (Å²) in [6.45, 7) is 3.26. The van der Waals surface area contributed by atoms with Gasteiger partial charge in [0, 0.05) is 28.7 Å². The number of anilines is 1. The van der Waals surface area contributed by atoms with Crippen LogP contribution in [0, 0.1) is 6.92 Å². The van der Waals surface area contributed by atoms with Gasteiger partial charge in [-0.3, -0.25) is 9.59 Å². The van der Waals surface area contributed by atoms with Crippen LogP contribution < -0.4 is 10.9 Å². The van der Waals surface area contributed by atoms with Crippen LogP contribution in [0.1, 0.15) is 23.0 Å². The van der Waals surface area contributed by atoms with Crippen molar-refractivity contribution in [2.75, 3.05) is 5.32 Å². The van der Waals surface area contributed by atoms with Crippen molar-refractivity contribution >= 4 is 39.9 Å². The maximum absolute atomic E-state index is 13.4. The SMILES string of the molecule is Cc1c(Cl)cccc1NC(=O)C(C)OC(=O)c1c(-c2ccccc2)c2ccccc2c(=O)n1C. The molecule has 7 heteroatoms. The van der Waals surface area contributed by atoms with Gasteiger partial charge in [-0.05, 0) is 48.6 Å². The minimum Gasteiger partial charge on any atom is -0.448 e. The van der Waals surface area contributed by atoms with E-state index in [0.717, 1.165) is 5.56 Å². The fourth-order valence-electron chi connectivity index (χ4n) is 3.85. The number of aromatic nitrogens is 1. The summed E-state index contributed by atoms with van der Waals surface area (Å²) in [6, 6.07) is 21.6. The molecule has 4 rings (SSSR count). The van der Waals surface area contributed by atoms with Gasteiger partial charge in [0.05, 0.1) is 0 Å². The molecule has 1 N–H and O–H groups in total. The molecule has 0 saturated heterocycles. The van der Waals surface area contributed by atoms with Gasteiger partial charge in [0.2, 0.25) is 0 Å². The predicted molar refractivity (Wildman–Crippen MR) is 134 cm³/mol. The number of carbonyl (C=O) groups is 2. The number of benzene rings is 3. The number of amides is 1. The Hall–Kier alpha value is -3.90. The molecule has 1 atom stereocenters. The maximum Gasteiger partial charge on any atom is 0.356 e. The van der Waals surface area contributed by atoms with Gasteiger partial charge in [0.25, 0.3) is 11.5 Å². The van der Waals surface area contributed by atoms with Gasteiger partial charge in [0.15, 0.2) is 6.10 Å². The summed E-state index contributed by atoms with van der Waals surface area (Å²) < 4.78 is 6.82. The Balaban J connectivity index is 1.73. The number of carbonyl (C=O) groups excluding carboxylic acids is 2. The molecule has 4 aromatic rings. The van der Waals surface area contributed by atoms with Crippen LogP contribution in [0.25, 0.3) is 21.9 Å². The molecule has 0 spiro atoms. The van der Waals surface area contributed by atoms with E-state index >= 15 is 0 Å². The third-order valence-corrected chi connectivity index (χ3v) is 6.15. The van der Waals surface area contributed by atoms with Crippen LogP contribution in [0.5, 0.6) is 0 Å². The van der Waals surface area contributed by atoms with Crippen LogP contribution in [-0.2, 0) is 16.6 Å². The van der Waals surface area contributed by atoms with E-state index in [1.54, 1.807) is 43.3 Å². The number of esters is 1. The summed E-state index contributed by atoms with van der Waals surface area (Å²) in [7, 11) is 1.53. The highest BCUT2D eigenvalue weighted by Crippen LogP contribution is 2.31. The average Bonchev–Trinajstić information content (AvgIpc) is 2.84. The number of halogens is 1. The lowest BCUT2D eigenvalue weighted by molar-refractivity contribution is -0.123. The number of ether oxygens (including phenoxy) is 1. The molecule has 34 heavy (non-hydrogen) atoms. The number of hydrogen-bond acceptors (Lipinski definition) is 4. The molecule has 1 unspecified atom stereocenters. The zero-order valence-corrected chi connectivity index (χ0v) is 19.7. The first kappa shape index (κ1) is 23.3. The Bertz CT molecular complexity index is 1460. The van der Waals surface area contributed by atoms with Gasteiger partial charge in [0.1, 0.15) is 5.69 Å². The molecule has 0 saturated carbocycles. The Morgan fingerprint density at radius 3 is 2.29 bits per heavy atom. The summed E-state index contributed by atoms with van der Waals surface area (Å²) in [5, 5.41) is 4.38. The molecular weight excluding hydrogens is 452 g/mol. The topological polar surface area (TPSA) is 77.4 Å². The quantitative estimate of drug-likeness (QED) is 0.395. The third-order valence-electron chi connectivity index (χ3n) is 5.74. The van der Waals surface area contributed by atoms with Crippen LogP contribution in [0.3, 0.4) is 0 Å². The highest BCUT2D eigenvalue weighted by molar-refractivity contribution is 6.31. The Morgan fingerprint density at radius 1 is 0.941 bits per heavy atom. The summed E-state index contributed by atoms with van der Waals surface area (Å²) >= 11 is 6.13. The second-order valence-electron chi connectivity index (χ2n) is 7.95. The lowest BCUT2D eigenvalue weighted by atomic mass is 9.97. The zero-order chi connectivity index (χ0) is 24.4. The standard InChI is InChI=1S/C27H23ClN2O4/c1-16-21(28)14-9-15-22(16)29-25(31)17(2)34-27(33)24-23(18-10-5-4-6-11-18)19-12-7-8-13-20(19)26(32)30(24)3/h4-15,17H,1-3H3,(H,29,31). The number of nitrogens with zero attached hydrogens (tertiary/aromatic N) is 1. The lowest BCUT2D eigenvalue weighted by Gasteiger charge is -2.19. The first-order valence-corrected chi connectivity index (χ1v) is 11.1. The highest BCUT2D eigenvalue weighted by Gasteiger charge is 2.26. The molecule has 6 nitrogen and oxygen atoms in total. The van der Waals surface area contributed by atoms with Crippen molar-refractivity contribution in [2.24, 2.45) is 7.05 Å². The molecule has 0 bridgehead atoms. The van der Waals surface area contributed by atoms with Crippen molar-refractivity contribution in [2.45, 2.75) is 20.0 Å². The van der Waals surface area contributed by atoms with E-state index < -0.39 is 18.0 Å². The van der Waals surface area contributed by atoms with E-state index in [1.165, 1.54) is 18.5 Å². The fourth-order valence-corrected chi connectivity index (χ4v) is 4.02. The lowest BCUT2D eigenvalue weighted by Crippen LogP contribution is -2.33. The number of nitrogens with one attached hydrogen (secondary N) is 1. The van der Waals surface area contributed by atoms with Crippen LogP contribution in [-0.4, -0.2) is 22.5 Å². The van der Waals surface area contributed by atoms with Gasteiger partial charge >= 0.3 is 5.97 Å². The second kappa shape index (κ2) is 9.53. The van der Waals surface area contributed by atoms with Gasteiger partial charge in [-0.2, -0.15) is 0 Å². The number of hydrogen-bond donors (Lipinski definition) is 1. The van der Waals surface area contributed by atoms with Crippen molar-refractivity contribution in [1.82, 2.24) is 4.57 Å². The third kappa shape index (κ3) is 4.32. The molecule has 3 aromatic carbocycles. The van der Waals surface area contributed by atoms with Gasteiger partial charge < -0.3 is 14.6 Å². The summed E-state index contributed by atoms with van der Waals surface area (Å²) in [4.78, 5) is 39.2. The molecule has 172 valence electrons. The maximum atomic E-state index is 13.4. The minimum absolute atomic E-state index is 0.0773. The van der Waals surface area contributed by atoms with E-state index in [0.29, 0.717) is 32.6 Å². The Kier molecular flexibility index (Phi) is 6.52. The van der Waals surface area contributed by atoms with E-state index in [2.05, 4.69) is 5.32 Å². The van der Waals surface area contributed by atoms with Crippen molar-refractivity contribution in [3.05, 3.63) is 99.4 Å². The van der Waals surface area contributed by atoms with E-state index in [1.807, 2.05) is 36.4 Å². The molecule has 1 aromatic heterocycles. The highest BCUT2D eigenvalue weighted by atomic mass is 35.5. The number of rotatable bonds is 5. The van der Waals surface area contributed by atoms with Crippen molar-refractivity contribution < 1.29 is 14.3 Å². The van der Waals surface area contributed by atoms with Crippen LogP contribution in [0.2, 0.25) is 5.02 Å². The fraction of sp³-hybridized carbons (Fsp3) is 0.148. The van der Waals surface area contributed by atoms with Crippen molar-refractivity contribution in [3.8, 4) is 11.1 Å². The van der Waals surface area contributed by atoms with Crippen LogP contribution in [0.4, 0.5) is 5.69 Å². The summed E-state index contributed by atoms with van der Waals surface area (Å²) in [5.74, 6) is -1.28. The van der Waals surface area contributed by atoms with Gasteiger partial charge in [-0.1, -0.05) is 66.2 Å². The van der Waals surface area contributed by atoms with Crippen LogP contribution in [0.15, 0.2) is 77.6 Å². The minimum atomic E-state index is -1.11. The molecule has 0 aliphatic heterocycles. The van der Waals surface area contributed by atoms with Crippen molar-refractivity contribution in [1.29, 1.82) is 0 Å². The monoisotopic (exact) mass is 474 g/mol. The molecule has 1 amide bonds.